The van der Waals surface area contributed by atoms with Gasteiger partial charge in [-0.05, 0) is 70.8 Å². The summed E-state index contributed by atoms with van der Waals surface area (Å²) in [5, 5.41) is 12.2. The van der Waals surface area contributed by atoms with Crippen molar-refractivity contribution < 1.29 is 0 Å². The molecular weight excluding hydrogens is 705 g/mol. The van der Waals surface area contributed by atoms with Crippen LogP contribution < -0.4 is 15.8 Å². The van der Waals surface area contributed by atoms with Crippen LogP contribution in [0.2, 0.25) is 0 Å². The molecule has 1 saturated heterocycles. The van der Waals surface area contributed by atoms with E-state index in [2.05, 4.69) is 186 Å². The third-order valence-corrected chi connectivity index (χ3v) is 14.6. The molecule has 0 bridgehead atoms. The van der Waals surface area contributed by atoms with Crippen LogP contribution in [-0.4, -0.2) is 9.82 Å². The Hall–Kier alpha value is -5.81. The average Bonchev–Trinajstić information content (AvgIpc) is 3.92. The van der Waals surface area contributed by atoms with Gasteiger partial charge in [0.25, 0.3) is 0 Å². The lowest BCUT2D eigenvalue weighted by Gasteiger charge is -2.24. The highest BCUT2D eigenvalue weighted by Crippen LogP contribution is 2.53. The minimum Gasteiger partial charge on any atom is -0.374 e. The number of fused-ring (bicyclic) bond motifs is 10. The lowest BCUT2D eigenvalue weighted by Crippen LogP contribution is -2.39. The topological polar surface area (TPSA) is 17.0 Å². The maximum atomic E-state index is 3.96. The Kier molecular flexibility index (Phi) is 7.08. The van der Waals surface area contributed by atoms with Gasteiger partial charge in [0.15, 0.2) is 0 Å². The number of hydrogen-bond donors (Lipinski definition) is 1. The molecule has 1 fully saturated rings. The third-order valence-electron chi connectivity index (χ3n) is 12.1. The van der Waals surface area contributed by atoms with Crippen molar-refractivity contribution in [2.45, 2.75) is 23.6 Å². The highest BCUT2D eigenvalue weighted by molar-refractivity contribution is 8.04. The molecule has 4 unspecified atom stereocenters. The maximum Gasteiger partial charge on any atom is 0.0707 e. The highest BCUT2D eigenvalue weighted by atomic mass is 32.2. The summed E-state index contributed by atoms with van der Waals surface area (Å²) in [6.45, 7) is 0. The zero-order valence-electron chi connectivity index (χ0n) is 30.0. The quantitative estimate of drug-likeness (QED) is 0.193. The zero-order chi connectivity index (χ0) is 36.0. The first kappa shape index (κ1) is 31.5. The Balaban J connectivity index is 0.886. The van der Waals surface area contributed by atoms with Gasteiger partial charge in [0.2, 0.25) is 0 Å². The Labute approximate surface area is 327 Å². The minimum absolute atomic E-state index is 0.110. The Morgan fingerprint density at radius 2 is 1.42 bits per heavy atom. The Morgan fingerprint density at radius 1 is 0.636 bits per heavy atom. The summed E-state index contributed by atoms with van der Waals surface area (Å²) < 4.78 is 5.15. The first-order valence-corrected chi connectivity index (χ1v) is 21.0. The molecule has 6 aromatic carbocycles. The van der Waals surface area contributed by atoms with E-state index in [-0.39, 0.29) is 6.04 Å². The maximum absolute atomic E-state index is 3.96. The van der Waals surface area contributed by atoms with Crippen LogP contribution in [0.4, 0.5) is 0 Å². The number of benzene rings is 6. The average molecular weight is 741 g/mol. The largest absolute Gasteiger partial charge is 0.374 e. The van der Waals surface area contributed by atoms with Crippen molar-refractivity contribution in [3.63, 3.8) is 0 Å². The van der Waals surface area contributed by atoms with Crippen LogP contribution in [-0.2, 0) is 0 Å². The molecule has 2 aliphatic carbocycles. The molecule has 1 N–H and O–H groups in total. The molecule has 2 nitrogen and oxygen atoms in total. The molecule has 4 heteroatoms. The molecule has 4 aliphatic rings. The lowest BCUT2D eigenvalue weighted by molar-refractivity contribution is 0.777. The number of allylic oxidation sites excluding steroid dienone is 6. The summed E-state index contributed by atoms with van der Waals surface area (Å²) >= 11 is 3.97. The van der Waals surface area contributed by atoms with Crippen LogP contribution in [0.1, 0.15) is 35.1 Å². The van der Waals surface area contributed by atoms with Crippen LogP contribution in [0.3, 0.4) is 0 Å². The smallest absolute Gasteiger partial charge is 0.0707 e. The van der Waals surface area contributed by atoms with Gasteiger partial charge >= 0.3 is 0 Å². The first-order chi connectivity index (χ1) is 27.2. The van der Waals surface area contributed by atoms with Gasteiger partial charge < -0.3 is 9.88 Å². The van der Waals surface area contributed by atoms with E-state index < -0.39 is 0 Å². The van der Waals surface area contributed by atoms with E-state index in [4.69, 9.17) is 0 Å². The molecule has 0 amide bonds. The lowest BCUT2D eigenvalue weighted by atomic mass is 9.83. The first-order valence-electron chi connectivity index (χ1n) is 19.3. The van der Waals surface area contributed by atoms with Crippen LogP contribution in [0.25, 0.3) is 59.4 Å². The second-order valence-corrected chi connectivity index (χ2v) is 17.5. The fourth-order valence-corrected chi connectivity index (χ4v) is 12.2. The molecule has 8 aromatic rings. The van der Waals surface area contributed by atoms with Crippen LogP contribution in [0, 0.1) is 5.92 Å². The molecule has 12 rings (SSSR count). The Bertz CT molecular complexity index is 3100. The predicted molar refractivity (Wildman–Crippen MR) is 236 cm³/mol. The number of hydrogen-bond acceptors (Lipinski definition) is 3. The third kappa shape index (κ3) is 4.95. The standard InChI is InChI=1S/C51H36N2S2/c1-2-11-31(12-3-1)43-27-34-13-4-5-14-36(34)51(52-43)42-17-10-20-46-50(42)41-25-22-33(29-48(41)54-46)32-21-24-39-40-26-23-35(30-49(40)55-47(39)28-32)53-44-18-8-6-15-37(44)38-16-7-9-19-45(38)53/h1-20,22-30,32,40,43,49,52H,21H2. The van der Waals surface area contributed by atoms with Gasteiger partial charge in [-0.1, -0.05) is 133 Å². The molecule has 4 heterocycles. The van der Waals surface area contributed by atoms with Gasteiger partial charge in [-0.2, -0.15) is 0 Å². The van der Waals surface area contributed by atoms with Gasteiger partial charge in [-0.3, -0.25) is 0 Å². The zero-order valence-corrected chi connectivity index (χ0v) is 31.7. The van der Waals surface area contributed by atoms with Crippen molar-refractivity contribution >= 4 is 82.5 Å². The summed E-state index contributed by atoms with van der Waals surface area (Å²) in [6.07, 6.45) is 15.8. The van der Waals surface area contributed by atoms with Crippen molar-refractivity contribution in [2.24, 2.45) is 5.92 Å². The van der Waals surface area contributed by atoms with E-state index in [0.717, 1.165) is 6.42 Å². The van der Waals surface area contributed by atoms with E-state index in [1.165, 1.54) is 91.0 Å². The monoisotopic (exact) mass is 740 g/mol. The van der Waals surface area contributed by atoms with E-state index >= 15 is 0 Å². The van der Waals surface area contributed by atoms with Crippen molar-refractivity contribution in [1.82, 2.24) is 9.88 Å². The van der Waals surface area contributed by atoms with Gasteiger partial charge in [0, 0.05) is 69.4 Å². The van der Waals surface area contributed by atoms with Crippen LogP contribution in [0.15, 0.2) is 180 Å². The predicted octanol–water partition coefficient (Wildman–Crippen LogP) is 11.6. The van der Waals surface area contributed by atoms with Gasteiger partial charge in [0.05, 0.1) is 22.8 Å². The minimum atomic E-state index is 0.110. The molecule has 55 heavy (non-hydrogen) atoms. The van der Waals surface area contributed by atoms with Crippen LogP contribution >= 0.6 is 23.1 Å². The molecule has 2 aromatic heterocycles. The van der Waals surface area contributed by atoms with E-state index in [1.54, 1.807) is 0 Å². The number of rotatable bonds is 4. The van der Waals surface area contributed by atoms with Crippen LogP contribution in [0.5, 0.6) is 0 Å². The van der Waals surface area contributed by atoms with E-state index in [9.17, 15) is 0 Å². The summed E-state index contributed by atoms with van der Waals surface area (Å²) in [6, 6.07) is 51.4. The highest BCUT2D eigenvalue weighted by Gasteiger charge is 2.37. The molecule has 2 aliphatic heterocycles. The number of para-hydroxylation sites is 2. The van der Waals surface area contributed by atoms with E-state index in [0.29, 0.717) is 17.1 Å². The molecule has 0 spiro atoms. The van der Waals surface area contributed by atoms with Gasteiger partial charge in [-0.25, -0.2) is 0 Å². The number of thiophene rings is 1. The number of nitrogens with zero attached hydrogens (tertiary/aromatic N) is 1. The number of thioether (sulfide) groups is 1. The SMILES string of the molecule is C1=CC2C3=CCC(c4ccc5c(c4)sc4cccc(C6=c7ccccc7=CC(c7ccccc7)N6)c45)C=C3SC2C=C1n1c2ccccc2c2ccccc21. The second kappa shape index (κ2) is 12.4. The van der Waals surface area contributed by atoms with Crippen molar-refractivity contribution in [3.05, 3.63) is 208 Å². The van der Waals surface area contributed by atoms with Gasteiger partial charge in [-0.15, -0.1) is 23.1 Å². The molecular formula is C51H36N2S2. The van der Waals surface area contributed by atoms with Crippen molar-refractivity contribution in [2.75, 3.05) is 0 Å². The van der Waals surface area contributed by atoms with Gasteiger partial charge in [0.1, 0.15) is 0 Å². The second-order valence-electron chi connectivity index (χ2n) is 15.2. The fraction of sp³-hybridized carbons (Fsp3) is 0.0980. The normalized spacial score (nSPS) is 21.5. The summed E-state index contributed by atoms with van der Waals surface area (Å²) in [5.41, 5.74) is 10.5. The van der Waals surface area contributed by atoms with E-state index in [1.807, 2.05) is 23.1 Å². The summed E-state index contributed by atoms with van der Waals surface area (Å²) in [4.78, 5) is 1.46. The number of nitrogens with one attached hydrogen (secondary N) is 1. The number of aromatic nitrogens is 1. The van der Waals surface area contributed by atoms with Crippen molar-refractivity contribution in [3.8, 4) is 0 Å². The molecule has 0 radical (unpaired) electrons. The molecule has 4 atom stereocenters. The summed E-state index contributed by atoms with van der Waals surface area (Å²) in [5.74, 6) is 0.793. The van der Waals surface area contributed by atoms with Crippen molar-refractivity contribution in [1.29, 1.82) is 0 Å². The Morgan fingerprint density at radius 3 is 2.27 bits per heavy atom. The molecule has 0 saturated carbocycles. The fourth-order valence-electron chi connectivity index (χ4n) is 9.53. The summed E-state index contributed by atoms with van der Waals surface area (Å²) in [7, 11) is 0. The molecule has 262 valence electrons.